The summed E-state index contributed by atoms with van der Waals surface area (Å²) in [5, 5.41) is 0. The third-order valence-corrected chi connectivity index (χ3v) is 4.31. The van der Waals surface area contributed by atoms with Gasteiger partial charge >= 0.3 is 0 Å². The Hall–Kier alpha value is -2.50. The van der Waals surface area contributed by atoms with Gasteiger partial charge in [-0.3, -0.25) is 4.79 Å². The molecule has 1 amide bonds. The van der Waals surface area contributed by atoms with E-state index >= 15 is 0 Å². The van der Waals surface area contributed by atoms with Crippen LogP contribution in [-0.4, -0.2) is 27.3 Å². The van der Waals surface area contributed by atoms with Gasteiger partial charge in [0.15, 0.2) is 0 Å². The lowest BCUT2D eigenvalue weighted by molar-refractivity contribution is -0.133. The minimum atomic E-state index is -0.240. The molecular weight excluding hydrogens is 307 g/mol. The second-order valence-electron chi connectivity index (χ2n) is 6.41. The molecule has 2 heterocycles. The van der Waals surface area contributed by atoms with Gasteiger partial charge in [0.25, 0.3) is 0 Å². The van der Waals surface area contributed by atoms with Gasteiger partial charge in [-0.05, 0) is 42.0 Å². The summed E-state index contributed by atoms with van der Waals surface area (Å²) in [6.07, 6.45) is 3.61. The molecule has 24 heavy (non-hydrogen) atoms. The minimum absolute atomic E-state index is 0.0988. The van der Waals surface area contributed by atoms with Gasteiger partial charge < -0.3 is 10.6 Å². The number of hydrogen-bond donors (Lipinski definition) is 1. The van der Waals surface area contributed by atoms with Gasteiger partial charge in [0.1, 0.15) is 5.82 Å². The van der Waals surface area contributed by atoms with Crippen molar-refractivity contribution in [1.29, 1.82) is 0 Å². The van der Waals surface area contributed by atoms with Crippen molar-refractivity contribution >= 4 is 11.9 Å². The number of rotatable bonds is 4. The molecule has 3 rings (SSSR count). The fraction of sp³-hybridized carbons (Fsp3) is 0.389. The fourth-order valence-electron chi connectivity index (χ4n) is 3.10. The number of carbonyl (C=O) groups excluding carboxylic acids is 1. The number of amides is 1. The lowest BCUT2D eigenvalue weighted by Gasteiger charge is -2.29. The molecule has 0 radical (unpaired) electrons. The Morgan fingerprint density at radius 1 is 1.46 bits per heavy atom. The van der Waals surface area contributed by atoms with Crippen LogP contribution in [0.15, 0.2) is 30.5 Å². The maximum atomic E-state index is 13.2. The number of nitrogens with two attached hydrogens (primary N) is 1. The first-order valence-electron chi connectivity index (χ1n) is 8.13. The summed E-state index contributed by atoms with van der Waals surface area (Å²) in [6, 6.07) is 6.54. The van der Waals surface area contributed by atoms with E-state index in [0.29, 0.717) is 25.9 Å². The number of fused-ring (bicyclic) bond motifs is 1. The van der Waals surface area contributed by atoms with Crippen LogP contribution in [0, 0.1) is 11.7 Å². The SMILES string of the molecule is CC(CC(=O)N1CCc2cnc(N)nc2C1)Cc1cccc(F)c1. The largest absolute Gasteiger partial charge is 0.368 e. The van der Waals surface area contributed by atoms with Crippen molar-refractivity contribution in [1.82, 2.24) is 14.9 Å². The summed E-state index contributed by atoms with van der Waals surface area (Å²) in [5.74, 6) is 0.247. The zero-order chi connectivity index (χ0) is 17.1. The average molecular weight is 328 g/mol. The van der Waals surface area contributed by atoms with Crippen LogP contribution in [0.4, 0.5) is 10.3 Å². The van der Waals surface area contributed by atoms with Crippen LogP contribution in [0.5, 0.6) is 0 Å². The monoisotopic (exact) mass is 328 g/mol. The van der Waals surface area contributed by atoms with E-state index in [0.717, 1.165) is 23.2 Å². The second kappa shape index (κ2) is 6.95. The number of anilines is 1. The van der Waals surface area contributed by atoms with Gasteiger partial charge in [0.2, 0.25) is 11.9 Å². The first-order chi connectivity index (χ1) is 11.5. The van der Waals surface area contributed by atoms with Gasteiger partial charge in [0, 0.05) is 19.2 Å². The molecular formula is C18H21FN4O. The topological polar surface area (TPSA) is 72.1 Å². The van der Waals surface area contributed by atoms with E-state index in [1.54, 1.807) is 12.3 Å². The number of nitrogen functional groups attached to an aromatic ring is 1. The molecule has 0 fully saturated rings. The average Bonchev–Trinajstić information content (AvgIpc) is 2.54. The number of halogens is 1. The highest BCUT2D eigenvalue weighted by Crippen LogP contribution is 2.20. The van der Waals surface area contributed by atoms with Crippen molar-refractivity contribution in [2.75, 3.05) is 12.3 Å². The Morgan fingerprint density at radius 3 is 3.08 bits per heavy atom. The molecule has 126 valence electrons. The van der Waals surface area contributed by atoms with Crippen LogP contribution < -0.4 is 5.73 Å². The van der Waals surface area contributed by atoms with Crippen molar-refractivity contribution in [3.05, 3.63) is 53.1 Å². The standard InChI is InChI=1S/C18H21FN4O/c1-12(7-13-3-2-4-15(19)9-13)8-17(24)23-6-5-14-10-21-18(20)22-16(14)11-23/h2-4,9-10,12H,5-8,11H2,1H3,(H2,20,21,22). The van der Waals surface area contributed by atoms with Crippen LogP contribution in [-0.2, 0) is 24.2 Å². The van der Waals surface area contributed by atoms with E-state index in [1.165, 1.54) is 12.1 Å². The molecule has 0 saturated heterocycles. The third kappa shape index (κ3) is 3.88. The van der Waals surface area contributed by atoms with Gasteiger partial charge in [-0.15, -0.1) is 0 Å². The predicted octanol–water partition coefficient (Wildman–Crippen LogP) is 2.35. The smallest absolute Gasteiger partial charge is 0.223 e. The van der Waals surface area contributed by atoms with E-state index in [4.69, 9.17) is 5.73 Å². The number of nitrogens with zero attached hydrogens (tertiary/aromatic N) is 3. The highest BCUT2D eigenvalue weighted by molar-refractivity contribution is 5.76. The molecule has 1 aliphatic heterocycles. The molecule has 1 atom stereocenters. The zero-order valence-electron chi connectivity index (χ0n) is 13.7. The van der Waals surface area contributed by atoms with Crippen LogP contribution in [0.25, 0.3) is 0 Å². The molecule has 1 aromatic carbocycles. The Balaban J connectivity index is 1.59. The van der Waals surface area contributed by atoms with E-state index in [9.17, 15) is 9.18 Å². The van der Waals surface area contributed by atoms with Crippen LogP contribution in [0.2, 0.25) is 0 Å². The Kier molecular flexibility index (Phi) is 4.74. The zero-order valence-corrected chi connectivity index (χ0v) is 13.7. The van der Waals surface area contributed by atoms with E-state index < -0.39 is 0 Å². The molecule has 0 aliphatic carbocycles. The molecule has 0 saturated carbocycles. The van der Waals surface area contributed by atoms with Crippen molar-refractivity contribution in [3.63, 3.8) is 0 Å². The number of benzene rings is 1. The summed E-state index contributed by atoms with van der Waals surface area (Å²) >= 11 is 0. The highest BCUT2D eigenvalue weighted by Gasteiger charge is 2.23. The molecule has 6 heteroatoms. The van der Waals surface area contributed by atoms with Gasteiger partial charge in [-0.1, -0.05) is 19.1 Å². The molecule has 5 nitrogen and oxygen atoms in total. The molecule has 2 aromatic rings. The maximum absolute atomic E-state index is 13.2. The van der Waals surface area contributed by atoms with Crippen LogP contribution in [0.1, 0.15) is 30.2 Å². The summed E-state index contributed by atoms with van der Waals surface area (Å²) < 4.78 is 13.2. The molecule has 1 unspecified atom stereocenters. The number of aromatic nitrogens is 2. The predicted molar refractivity (Wildman–Crippen MR) is 89.5 cm³/mol. The molecule has 0 spiro atoms. The summed E-state index contributed by atoms with van der Waals surface area (Å²) in [6.45, 7) is 3.17. The highest BCUT2D eigenvalue weighted by atomic mass is 19.1. The van der Waals surface area contributed by atoms with Gasteiger partial charge in [0.05, 0.1) is 12.2 Å². The van der Waals surface area contributed by atoms with E-state index in [2.05, 4.69) is 9.97 Å². The second-order valence-corrected chi connectivity index (χ2v) is 6.41. The van der Waals surface area contributed by atoms with Crippen LogP contribution >= 0.6 is 0 Å². The molecule has 0 bridgehead atoms. The molecule has 1 aromatic heterocycles. The first kappa shape index (κ1) is 16.4. The number of carbonyl (C=O) groups is 1. The Morgan fingerprint density at radius 2 is 2.29 bits per heavy atom. The third-order valence-electron chi connectivity index (χ3n) is 4.31. The van der Waals surface area contributed by atoms with Crippen molar-refractivity contribution < 1.29 is 9.18 Å². The van der Waals surface area contributed by atoms with E-state index in [-0.39, 0.29) is 23.6 Å². The lowest BCUT2D eigenvalue weighted by atomic mass is 9.97. The Bertz CT molecular complexity index is 750. The number of hydrogen-bond acceptors (Lipinski definition) is 4. The lowest BCUT2D eigenvalue weighted by Crippen LogP contribution is -2.37. The maximum Gasteiger partial charge on any atom is 0.223 e. The molecule has 1 aliphatic rings. The van der Waals surface area contributed by atoms with Crippen molar-refractivity contribution in [2.24, 2.45) is 5.92 Å². The fourth-order valence-corrected chi connectivity index (χ4v) is 3.10. The van der Waals surface area contributed by atoms with Gasteiger partial charge in [-0.2, -0.15) is 0 Å². The summed E-state index contributed by atoms with van der Waals surface area (Å²) in [7, 11) is 0. The first-order valence-corrected chi connectivity index (χ1v) is 8.13. The normalized spacial score (nSPS) is 15.0. The van der Waals surface area contributed by atoms with Crippen molar-refractivity contribution in [3.8, 4) is 0 Å². The Labute approximate surface area is 140 Å². The minimum Gasteiger partial charge on any atom is -0.368 e. The van der Waals surface area contributed by atoms with Crippen molar-refractivity contribution in [2.45, 2.75) is 32.7 Å². The quantitative estimate of drug-likeness (QED) is 0.935. The molecule has 2 N–H and O–H groups in total. The van der Waals surface area contributed by atoms with Gasteiger partial charge in [-0.25, -0.2) is 14.4 Å². The summed E-state index contributed by atoms with van der Waals surface area (Å²) in [5.41, 5.74) is 8.43. The van der Waals surface area contributed by atoms with Crippen LogP contribution in [0.3, 0.4) is 0 Å². The summed E-state index contributed by atoms with van der Waals surface area (Å²) in [4.78, 5) is 22.6. The van der Waals surface area contributed by atoms with E-state index in [1.807, 2.05) is 17.9 Å².